The summed E-state index contributed by atoms with van der Waals surface area (Å²) in [7, 11) is 0. The third kappa shape index (κ3) is 3.66. The predicted molar refractivity (Wildman–Crippen MR) is 83.4 cm³/mol. The minimum absolute atomic E-state index is 0. The molecule has 0 aromatic heterocycles. The van der Waals surface area contributed by atoms with E-state index in [4.69, 9.17) is 0 Å². The summed E-state index contributed by atoms with van der Waals surface area (Å²) in [4.78, 5) is 14.0. The molecule has 1 aromatic carbocycles. The van der Waals surface area contributed by atoms with E-state index in [9.17, 15) is 9.18 Å². The minimum atomic E-state index is -0.192. The number of carbonyl (C=O) groups is 1. The Hall–Kier alpha value is -1.33. The van der Waals surface area contributed by atoms with Gasteiger partial charge in [0.1, 0.15) is 5.82 Å². The lowest BCUT2D eigenvalue weighted by Gasteiger charge is -2.36. The van der Waals surface area contributed by atoms with E-state index in [-0.39, 0.29) is 36.1 Å². The van der Waals surface area contributed by atoms with Gasteiger partial charge in [-0.1, -0.05) is 12.1 Å². The van der Waals surface area contributed by atoms with E-state index in [0.717, 1.165) is 32.5 Å². The lowest BCUT2D eigenvalue weighted by molar-refractivity contribution is -0.127. The van der Waals surface area contributed by atoms with E-state index in [2.05, 4.69) is 10.6 Å². The second-order valence-corrected chi connectivity index (χ2v) is 5.60. The molecule has 1 atom stereocenters. The largest absolute Gasteiger partial charge is 0.367 e. The third-order valence-corrected chi connectivity index (χ3v) is 4.11. The second kappa shape index (κ2) is 7.09. The first-order chi connectivity index (χ1) is 9.74. The maximum Gasteiger partial charge on any atom is 0.225 e. The van der Waals surface area contributed by atoms with Crippen molar-refractivity contribution in [3.8, 4) is 0 Å². The van der Waals surface area contributed by atoms with E-state index >= 15 is 0 Å². The number of rotatable bonds is 3. The van der Waals surface area contributed by atoms with Gasteiger partial charge in [-0.25, -0.2) is 4.39 Å². The Morgan fingerprint density at radius 1 is 1.33 bits per heavy atom. The van der Waals surface area contributed by atoms with Crippen molar-refractivity contribution in [2.45, 2.75) is 18.9 Å². The second-order valence-electron chi connectivity index (χ2n) is 5.60. The van der Waals surface area contributed by atoms with Gasteiger partial charge in [0, 0.05) is 32.2 Å². The summed E-state index contributed by atoms with van der Waals surface area (Å²) in [6.45, 7) is 3.08. The summed E-state index contributed by atoms with van der Waals surface area (Å²) in [5, 5.41) is 6.20. The smallest absolute Gasteiger partial charge is 0.225 e. The molecule has 1 amide bonds. The fourth-order valence-electron chi connectivity index (χ4n) is 2.82. The van der Waals surface area contributed by atoms with Crippen LogP contribution in [-0.2, 0) is 4.79 Å². The van der Waals surface area contributed by atoms with Gasteiger partial charge in [-0.05, 0) is 25.0 Å². The summed E-state index contributed by atoms with van der Waals surface area (Å²) >= 11 is 0. The molecule has 2 N–H and O–H groups in total. The Kier molecular flexibility index (Phi) is 5.42. The van der Waals surface area contributed by atoms with Crippen LogP contribution in [0, 0.1) is 11.7 Å². The molecule has 1 unspecified atom stereocenters. The molecule has 6 heteroatoms. The molecule has 2 aliphatic heterocycles. The Balaban J connectivity index is 0.00000161. The van der Waals surface area contributed by atoms with Gasteiger partial charge in [-0.15, -0.1) is 12.4 Å². The van der Waals surface area contributed by atoms with E-state index in [1.54, 1.807) is 12.1 Å². The number of anilines is 1. The van der Waals surface area contributed by atoms with Crippen LogP contribution in [0.5, 0.6) is 0 Å². The molecule has 116 valence electrons. The summed E-state index contributed by atoms with van der Waals surface area (Å²) in [6, 6.07) is 6.95. The Morgan fingerprint density at radius 3 is 2.76 bits per heavy atom. The number of halogens is 2. The van der Waals surface area contributed by atoms with Gasteiger partial charge in [0.15, 0.2) is 0 Å². The van der Waals surface area contributed by atoms with Crippen LogP contribution in [0.2, 0.25) is 0 Å². The van der Waals surface area contributed by atoms with E-state index in [1.807, 2.05) is 11.0 Å². The number of hydrogen-bond acceptors (Lipinski definition) is 3. The molecule has 0 aliphatic carbocycles. The van der Waals surface area contributed by atoms with Crippen LogP contribution in [-0.4, -0.2) is 38.1 Å². The summed E-state index contributed by atoms with van der Waals surface area (Å²) in [5.74, 6) is 0.0469. The Morgan fingerprint density at radius 2 is 2.10 bits per heavy atom. The zero-order valence-electron chi connectivity index (χ0n) is 11.8. The lowest BCUT2D eigenvalue weighted by Crippen LogP contribution is -2.55. The van der Waals surface area contributed by atoms with E-state index < -0.39 is 0 Å². The topological polar surface area (TPSA) is 44.4 Å². The van der Waals surface area contributed by atoms with Crippen molar-refractivity contribution in [2.24, 2.45) is 5.92 Å². The van der Waals surface area contributed by atoms with Crippen molar-refractivity contribution in [2.75, 3.05) is 31.1 Å². The van der Waals surface area contributed by atoms with Gasteiger partial charge in [0.25, 0.3) is 0 Å². The number of para-hydroxylation sites is 1. The highest BCUT2D eigenvalue weighted by atomic mass is 35.5. The predicted octanol–water partition coefficient (Wildman–Crippen LogP) is 1.55. The molecule has 3 rings (SSSR count). The molecule has 1 aromatic rings. The van der Waals surface area contributed by atoms with Crippen molar-refractivity contribution in [3.63, 3.8) is 0 Å². The molecule has 0 spiro atoms. The molecule has 0 bridgehead atoms. The van der Waals surface area contributed by atoms with Crippen molar-refractivity contribution in [1.82, 2.24) is 10.6 Å². The summed E-state index contributed by atoms with van der Waals surface area (Å²) in [5.41, 5.74) is 0.636. The van der Waals surface area contributed by atoms with Crippen molar-refractivity contribution < 1.29 is 9.18 Å². The number of nitrogens with one attached hydrogen (secondary N) is 2. The highest BCUT2D eigenvalue weighted by Gasteiger charge is 2.29. The molecule has 21 heavy (non-hydrogen) atoms. The van der Waals surface area contributed by atoms with Gasteiger partial charge in [-0.2, -0.15) is 0 Å². The maximum absolute atomic E-state index is 13.8. The Bertz CT molecular complexity index is 496. The van der Waals surface area contributed by atoms with Crippen LogP contribution in [0.1, 0.15) is 12.8 Å². The molecule has 4 nitrogen and oxygen atoms in total. The fourth-order valence-corrected chi connectivity index (χ4v) is 2.82. The van der Waals surface area contributed by atoms with Crippen LogP contribution >= 0.6 is 12.4 Å². The monoisotopic (exact) mass is 313 g/mol. The number of carbonyl (C=O) groups excluding carboxylic acids is 1. The first kappa shape index (κ1) is 16.0. The molecule has 2 heterocycles. The van der Waals surface area contributed by atoms with Crippen LogP contribution in [0.4, 0.5) is 10.1 Å². The quantitative estimate of drug-likeness (QED) is 0.890. The van der Waals surface area contributed by atoms with Crippen LogP contribution in [0.3, 0.4) is 0 Å². The molecule has 2 aliphatic rings. The van der Waals surface area contributed by atoms with Gasteiger partial charge < -0.3 is 15.5 Å². The van der Waals surface area contributed by atoms with Crippen molar-refractivity contribution in [1.29, 1.82) is 0 Å². The Labute approximate surface area is 130 Å². The number of piperidine rings is 1. The molecule has 2 saturated heterocycles. The highest BCUT2D eigenvalue weighted by Crippen LogP contribution is 2.23. The normalized spacial score (nSPS) is 22.1. The van der Waals surface area contributed by atoms with Crippen molar-refractivity contribution in [3.05, 3.63) is 30.1 Å². The number of amides is 1. The summed E-state index contributed by atoms with van der Waals surface area (Å²) < 4.78 is 13.8. The van der Waals surface area contributed by atoms with Crippen LogP contribution in [0.25, 0.3) is 0 Å². The average Bonchev–Trinajstić information content (AvgIpc) is 2.37. The van der Waals surface area contributed by atoms with Gasteiger partial charge >= 0.3 is 0 Å². The highest BCUT2D eigenvalue weighted by molar-refractivity contribution is 5.85. The van der Waals surface area contributed by atoms with E-state index in [1.165, 1.54) is 6.07 Å². The van der Waals surface area contributed by atoms with Crippen LogP contribution in [0.15, 0.2) is 24.3 Å². The molecular formula is C15H21ClFN3O. The number of nitrogens with zero attached hydrogens (tertiary/aromatic N) is 1. The molecule has 2 fully saturated rings. The minimum Gasteiger partial charge on any atom is -0.367 e. The van der Waals surface area contributed by atoms with Crippen molar-refractivity contribution >= 4 is 24.0 Å². The fraction of sp³-hybridized carbons (Fsp3) is 0.533. The van der Waals surface area contributed by atoms with Gasteiger partial charge in [0.05, 0.1) is 11.6 Å². The summed E-state index contributed by atoms with van der Waals surface area (Å²) in [6.07, 6.45) is 1.94. The molecule has 0 saturated carbocycles. The van der Waals surface area contributed by atoms with Crippen LogP contribution < -0.4 is 15.5 Å². The van der Waals surface area contributed by atoms with Gasteiger partial charge in [0.2, 0.25) is 5.91 Å². The zero-order valence-corrected chi connectivity index (χ0v) is 12.7. The third-order valence-electron chi connectivity index (χ3n) is 4.11. The standard InChI is InChI=1S/C15H20FN3O.ClH/c16-13-5-1-2-6-14(13)19-7-3-4-12(10-19)18-15(20)11-8-17-9-11;/h1-2,5-6,11-12,17H,3-4,7-10H2,(H,18,20);1H. The van der Waals surface area contributed by atoms with Gasteiger partial charge in [-0.3, -0.25) is 4.79 Å². The average molecular weight is 314 g/mol. The molecular weight excluding hydrogens is 293 g/mol. The molecule has 0 radical (unpaired) electrons. The first-order valence-corrected chi connectivity index (χ1v) is 7.24. The maximum atomic E-state index is 13.8. The first-order valence-electron chi connectivity index (χ1n) is 7.24. The number of hydrogen-bond donors (Lipinski definition) is 2. The number of benzene rings is 1. The SMILES string of the molecule is Cl.O=C(NC1CCCN(c2ccccc2F)C1)C1CNC1. The zero-order chi connectivity index (χ0) is 13.9. The lowest BCUT2D eigenvalue weighted by atomic mass is 10.00. The van der Waals surface area contributed by atoms with E-state index in [0.29, 0.717) is 12.2 Å².